The number of carbonyl (C=O) groups is 1. The van der Waals surface area contributed by atoms with Gasteiger partial charge in [-0.1, -0.05) is 11.6 Å². The molecule has 3 aromatic rings. The SMILES string of the molecule is Cn1cc(/C=C/C(=O)N2CCC(c3nc4cc(Cl)ccc4s3)CC2)c(=O)n(C)c1=O. The number of amides is 1. The normalized spacial score (nSPS) is 15.4. The second-order valence-corrected chi connectivity index (χ2v) is 8.94. The molecule has 0 spiro atoms. The molecule has 7 nitrogen and oxygen atoms in total. The number of carbonyl (C=O) groups excluding carboxylic acids is 1. The van der Waals surface area contributed by atoms with Gasteiger partial charge in [0.1, 0.15) is 0 Å². The molecule has 1 aromatic carbocycles. The monoisotopic (exact) mass is 444 g/mol. The molecule has 1 amide bonds. The summed E-state index contributed by atoms with van der Waals surface area (Å²) in [6.07, 6.45) is 6.01. The summed E-state index contributed by atoms with van der Waals surface area (Å²) in [7, 11) is 2.99. The minimum absolute atomic E-state index is 0.138. The molecule has 0 unspecified atom stereocenters. The van der Waals surface area contributed by atoms with Gasteiger partial charge in [0, 0.05) is 50.4 Å². The molecular formula is C21H21ClN4O3S. The Labute approximate surface area is 181 Å². The fourth-order valence-corrected chi connectivity index (χ4v) is 4.94. The predicted octanol–water partition coefficient (Wildman–Crippen LogP) is 2.77. The van der Waals surface area contributed by atoms with E-state index in [1.807, 2.05) is 18.2 Å². The van der Waals surface area contributed by atoms with Crippen molar-refractivity contribution in [1.29, 1.82) is 0 Å². The fraction of sp³-hybridized carbons (Fsp3) is 0.333. The molecular weight excluding hydrogens is 424 g/mol. The van der Waals surface area contributed by atoms with Gasteiger partial charge in [-0.25, -0.2) is 9.78 Å². The molecule has 1 fully saturated rings. The van der Waals surface area contributed by atoms with Crippen molar-refractivity contribution in [3.8, 4) is 0 Å². The van der Waals surface area contributed by atoms with Gasteiger partial charge < -0.3 is 9.47 Å². The summed E-state index contributed by atoms with van der Waals surface area (Å²) in [4.78, 5) is 43.0. The Hall–Kier alpha value is -2.71. The smallest absolute Gasteiger partial charge is 0.330 e. The molecule has 0 saturated carbocycles. The molecule has 30 heavy (non-hydrogen) atoms. The maximum Gasteiger partial charge on any atom is 0.330 e. The van der Waals surface area contributed by atoms with Crippen LogP contribution in [0.2, 0.25) is 5.02 Å². The number of fused-ring (bicyclic) bond motifs is 1. The quantitative estimate of drug-likeness (QED) is 0.582. The van der Waals surface area contributed by atoms with E-state index in [1.54, 1.807) is 23.3 Å². The first-order valence-corrected chi connectivity index (χ1v) is 10.8. The van der Waals surface area contributed by atoms with Crippen LogP contribution in [0.5, 0.6) is 0 Å². The molecule has 1 saturated heterocycles. The highest BCUT2D eigenvalue weighted by molar-refractivity contribution is 7.18. The average molecular weight is 445 g/mol. The lowest BCUT2D eigenvalue weighted by molar-refractivity contribution is -0.126. The first-order chi connectivity index (χ1) is 14.3. The van der Waals surface area contributed by atoms with E-state index in [9.17, 15) is 14.4 Å². The summed E-state index contributed by atoms with van der Waals surface area (Å²) < 4.78 is 3.47. The molecule has 0 radical (unpaired) electrons. The Kier molecular flexibility index (Phi) is 5.62. The molecule has 9 heteroatoms. The fourth-order valence-electron chi connectivity index (χ4n) is 3.66. The topological polar surface area (TPSA) is 77.2 Å². The van der Waals surface area contributed by atoms with E-state index < -0.39 is 11.2 Å². The third-order valence-corrected chi connectivity index (χ3v) is 6.83. The number of nitrogens with zero attached hydrogens (tertiary/aromatic N) is 4. The van der Waals surface area contributed by atoms with E-state index in [2.05, 4.69) is 0 Å². The van der Waals surface area contributed by atoms with Crippen LogP contribution in [0, 0.1) is 0 Å². The Balaban J connectivity index is 1.42. The Morgan fingerprint density at radius 2 is 1.97 bits per heavy atom. The largest absolute Gasteiger partial charge is 0.339 e. The number of thiazole rings is 1. The van der Waals surface area contributed by atoms with Gasteiger partial charge in [0.25, 0.3) is 5.56 Å². The number of halogens is 1. The second-order valence-electron chi connectivity index (χ2n) is 7.44. The van der Waals surface area contributed by atoms with Crippen molar-refractivity contribution in [1.82, 2.24) is 19.0 Å². The molecule has 0 bridgehead atoms. The second kappa shape index (κ2) is 8.20. The van der Waals surface area contributed by atoms with Gasteiger partial charge in [-0.05, 0) is 37.1 Å². The highest BCUT2D eigenvalue weighted by atomic mass is 35.5. The van der Waals surface area contributed by atoms with E-state index in [-0.39, 0.29) is 5.91 Å². The summed E-state index contributed by atoms with van der Waals surface area (Å²) in [5.41, 5.74) is 0.401. The van der Waals surface area contributed by atoms with Crippen molar-refractivity contribution >= 4 is 45.1 Å². The molecule has 4 rings (SSSR count). The van der Waals surface area contributed by atoms with Crippen molar-refractivity contribution in [2.75, 3.05) is 13.1 Å². The minimum Gasteiger partial charge on any atom is -0.339 e. The number of hydrogen-bond donors (Lipinski definition) is 0. The standard InChI is InChI=1S/C21H21ClN4O3S/c1-24-12-14(20(28)25(2)21(24)29)3-6-18(27)26-9-7-13(8-10-26)19-23-16-11-15(22)4-5-17(16)30-19/h3-6,11-13H,7-10H2,1-2H3/b6-3+. The van der Waals surface area contributed by atoms with Crippen molar-refractivity contribution in [2.45, 2.75) is 18.8 Å². The van der Waals surface area contributed by atoms with Crippen LogP contribution in [0.25, 0.3) is 16.3 Å². The lowest BCUT2D eigenvalue weighted by Gasteiger charge is -2.30. The number of aryl methyl sites for hydroxylation is 1. The lowest BCUT2D eigenvalue weighted by atomic mass is 9.97. The summed E-state index contributed by atoms with van der Waals surface area (Å²) in [5, 5.41) is 1.77. The van der Waals surface area contributed by atoms with Crippen molar-refractivity contribution in [3.63, 3.8) is 0 Å². The number of benzene rings is 1. The first kappa shape index (κ1) is 20.6. The van der Waals surface area contributed by atoms with E-state index in [1.165, 1.54) is 30.0 Å². The van der Waals surface area contributed by atoms with Crippen molar-refractivity contribution in [3.05, 3.63) is 66.9 Å². The first-order valence-electron chi connectivity index (χ1n) is 9.63. The number of piperidine rings is 1. The molecule has 1 aliphatic rings. The van der Waals surface area contributed by atoms with Gasteiger partial charge >= 0.3 is 5.69 Å². The van der Waals surface area contributed by atoms with E-state index in [0.29, 0.717) is 29.6 Å². The average Bonchev–Trinajstić information content (AvgIpc) is 3.17. The molecule has 3 heterocycles. The van der Waals surface area contributed by atoms with Crippen molar-refractivity contribution < 1.29 is 4.79 Å². The lowest BCUT2D eigenvalue weighted by Crippen LogP contribution is -2.38. The maximum atomic E-state index is 12.6. The number of likely N-dealkylation sites (tertiary alicyclic amines) is 1. The van der Waals surface area contributed by atoms with Crippen LogP contribution in [-0.2, 0) is 18.9 Å². The van der Waals surface area contributed by atoms with Gasteiger partial charge in [0.2, 0.25) is 5.91 Å². The summed E-state index contributed by atoms with van der Waals surface area (Å²) >= 11 is 7.74. The zero-order valence-electron chi connectivity index (χ0n) is 16.7. The number of rotatable bonds is 3. The van der Waals surface area contributed by atoms with Crippen LogP contribution >= 0.6 is 22.9 Å². The zero-order chi connectivity index (χ0) is 21.4. The zero-order valence-corrected chi connectivity index (χ0v) is 18.2. The Morgan fingerprint density at radius 1 is 1.23 bits per heavy atom. The van der Waals surface area contributed by atoms with E-state index in [0.717, 1.165) is 32.6 Å². The van der Waals surface area contributed by atoms with Crippen LogP contribution in [0.3, 0.4) is 0 Å². The molecule has 0 aliphatic carbocycles. The molecule has 0 N–H and O–H groups in total. The molecule has 2 aromatic heterocycles. The van der Waals surface area contributed by atoms with E-state index >= 15 is 0 Å². The van der Waals surface area contributed by atoms with Crippen LogP contribution in [0.15, 0.2) is 40.1 Å². The van der Waals surface area contributed by atoms with Gasteiger partial charge in [0.15, 0.2) is 0 Å². The van der Waals surface area contributed by atoms with Gasteiger partial charge in [-0.2, -0.15) is 0 Å². The van der Waals surface area contributed by atoms with Gasteiger partial charge in [-0.3, -0.25) is 14.2 Å². The third-order valence-electron chi connectivity index (χ3n) is 5.40. The van der Waals surface area contributed by atoms with Crippen LogP contribution in [0.1, 0.15) is 29.3 Å². The Bertz CT molecular complexity index is 1270. The van der Waals surface area contributed by atoms with Crippen LogP contribution in [0.4, 0.5) is 0 Å². The van der Waals surface area contributed by atoms with Gasteiger partial charge in [-0.15, -0.1) is 11.3 Å². The molecule has 156 valence electrons. The summed E-state index contributed by atoms with van der Waals surface area (Å²) in [6.45, 7) is 1.27. The highest BCUT2D eigenvalue weighted by Gasteiger charge is 2.25. The maximum absolute atomic E-state index is 12.6. The minimum atomic E-state index is -0.420. The Morgan fingerprint density at radius 3 is 2.70 bits per heavy atom. The van der Waals surface area contributed by atoms with Crippen LogP contribution in [-0.4, -0.2) is 38.0 Å². The predicted molar refractivity (Wildman–Crippen MR) is 119 cm³/mol. The third kappa shape index (κ3) is 3.97. The number of hydrogen-bond acceptors (Lipinski definition) is 5. The van der Waals surface area contributed by atoms with Gasteiger partial charge in [0.05, 0.1) is 20.8 Å². The van der Waals surface area contributed by atoms with Crippen LogP contribution < -0.4 is 11.2 Å². The number of aromatic nitrogens is 3. The summed E-state index contributed by atoms with van der Waals surface area (Å²) in [5.74, 6) is 0.186. The summed E-state index contributed by atoms with van der Waals surface area (Å²) in [6, 6.07) is 5.74. The van der Waals surface area contributed by atoms with Crippen molar-refractivity contribution in [2.24, 2.45) is 14.1 Å². The molecule has 1 aliphatic heterocycles. The highest BCUT2D eigenvalue weighted by Crippen LogP contribution is 2.34. The van der Waals surface area contributed by atoms with E-state index in [4.69, 9.17) is 16.6 Å². The molecule has 0 atom stereocenters.